The average Bonchev–Trinajstić information content (AvgIpc) is 3.65. The molecule has 0 saturated carbocycles. The molecule has 9 atom stereocenters. The lowest BCUT2D eigenvalue weighted by molar-refractivity contribution is -0.142. The standard InChI is InChI=1S/C30H42N2O3S/c1-20-3-5-26(22-9-13-34-15-22)31-18-29(11-7-24(20)31)17-30(36-19-29)12-8-25-21(2)4-6-27(32(25)28(30)33)23-10-14-35-16-23/h9-10,13-16,20-21,24-28,33H,3-8,11-12,17-19H2,1-2H3/t20-,21-,24+,25+,26+,27+,28-,29+,30-/m1/s1. The molecule has 7 heterocycles. The van der Waals surface area contributed by atoms with E-state index in [1.807, 2.05) is 18.8 Å². The van der Waals surface area contributed by atoms with Crippen molar-refractivity contribution < 1.29 is 13.9 Å². The molecule has 7 rings (SSSR count). The fourth-order valence-electron chi connectivity index (χ4n) is 9.05. The molecule has 6 heteroatoms. The zero-order chi connectivity index (χ0) is 24.5. The van der Waals surface area contributed by atoms with E-state index in [0.717, 1.165) is 25.2 Å². The number of furan rings is 2. The molecule has 5 fully saturated rings. The van der Waals surface area contributed by atoms with E-state index < -0.39 is 0 Å². The zero-order valence-electron chi connectivity index (χ0n) is 21.9. The van der Waals surface area contributed by atoms with Gasteiger partial charge in [-0.1, -0.05) is 13.8 Å². The zero-order valence-corrected chi connectivity index (χ0v) is 22.7. The van der Waals surface area contributed by atoms with Crippen LogP contribution in [0.4, 0.5) is 0 Å². The molecule has 5 aliphatic heterocycles. The molecule has 1 N–H and O–H groups in total. The minimum Gasteiger partial charge on any atom is -0.472 e. The molecule has 0 aromatic carbocycles. The third kappa shape index (κ3) is 3.69. The van der Waals surface area contributed by atoms with Crippen LogP contribution in [0.2, 0.25) is 0 Å². The normalized spacial score (nSPS) is 45.7. The SMILES string of the molecule is C[C@@H]1CC[C@@H](c2ccoc2)N2C[C@@]3(CC[C@@H]12)CS[C@]1(CC[C@H]2[C@H](C)CC[C@@H](c4ccoc4)N2[C@@H]1O)C3. The van der Waals surface area contributed by atoms with Gasteiger partial charge in [0.15, 0.2) is 0 Å². The van der Waals surface area contributed by atoms with E-state index >= 15 is 0 Å². The summed E-state index contributed by atoms with van der Waals surface area (Å²) in [5.74, 6) is 2.59. The van der Waals surface area contributed by atoms with Gasteiger partial charge in [-0.25, -0.2) is 0 Å². The molecular weight excluding hydrogens is 468 g/mol. The summed E-state index contributed by atoms with van der Waals surface area (Å²) in [5, 5.41) is 12.2. The molecule has 5 aliphatic rings. The van der Waals surface area contributed by atoms with Gasteiger partial charge in [-0.15, -0.1) is 0 Å². The molecule has 196 valence electrons. The lowest BCUT2D eigenvalue weighted by atomic mass is 9.67. The Kier molecular flexibility index (Phi) is 5.92. The summed E-state index contributed by atoms with van der Waals surface area (Å²) in [5.41, 5.74) is 2.90. The van der Waals surface area contributed by atoms with Crippen molar-refractivity contribution in [3.63, 3.8) is 0 Å². The molecule has 2 aromatic heterocycles. The molecule has 0 bridgehead atoms. The maximum Gasteiger partial charge on any atom is 0.122 e. The van der Waals surface area contributed by atoms with Crippen LogP contribution in [0.25, 0.3) is 0 Å². The monoisotopic (exact) mass is 510 g/mol. The van der Waals surface area contributed by atoms with E-state index in [-0.39, 0.29) is 17.0 Å². The second-order valence-corrected chi connectivity index (χ2v) is 14.4. The Hall–Kier alpha value is -1.21. The van der Waals surface area contributed by atoms with Crippen molar-refractivity contribution >= 4 is 11.8 Å². The third-order valence-corrected chi connectivity index (χ3v) is 12.9. The average molecular weight is 511 g/mol. The van der Waals surface area contributed by atoms with E-state index in [0.29, 0.717) is 29.5 Å². The first-order valence-corrected chi connectivity index (χ1v) is 15.4. The first-order chi connectivity index (χ1) is 17.5. The summed E-state index contributed by atoms with van der Waals surface area (Å²) in [6.45, 7) is 6.03. The molecule has 0 aliphatic carbocycles. The van der Waals surface area contributed by atoms with Gasteiger partial charge in [0.05, 0.1) is 29.8 Å². The lowest BCUT2D eigenvalue weighted by Crippen LogP contribution is -2.63. The van der Waals surface area contributed by atoms with Gasteiger partial charge in [0.25, 0.3) is 0 Å². The van der Waals surface area contributed by atoms with E-state index in [1.165, 1.54) is 61.9 Å². The van der Waals surface area contributed by atoms with Crippen LogP contribution in [-0.4, -0.2) is 50.3 Å². The number of rotatable bonds is 2. The van der Waals surface area contributed by atoms with Crippen LogP contribution < -0.4 is 0 Å². The fraction of sp³-hybridized carbons (Fsp3) is 0.733. The second kappa shape index (κ2) is 8.93. The number of fused-ring (bicyclic) bond motifs is 2. The quantitative estimate of drug-likeness (QED) is 0.490. The molecule has 0 unspecified atom stereocenters. The number of thioether (sulfide) groups is 1. The van der Waals surface area contributed by atoms with Gasteiger partial charge >= 0.3 is 0 Å². The number of aliphatic hydroxyl groups is 1. The Bertz CT molecular complexity index is 1040. The van der Waals surface area contributed by atoms with Crippen LogP contribution in [-0.2, 0) is 0 Å². The molecule has 5 nitrogen and oxygen atoms in total. The Morgan fingerprint density at radius 3 is 2.25 bits per heavy atom. The highest BCUT2D eigenvalue weighted by molar-refractivity contribution is 8.01. The maximum absolute atomic E-state index is 12.2. The highest BCUT2D eigenvalue weighted by atomic mass is 32.2. The van der Waals surface area contributed by atoms with Crippen molar-refractivity contribution in [1.82, 2.24) is 9.80 Å². The summed E-state index contributed by atoms with van der Waals surface area (Å²) in [6.07, 6.45) is 18.1. The number of piperidine rings is 4. The Balaban J connectivity index is 1.16. The highest BCUT2D eigenvalue weighted by Crippen LogP contribution is 2.62. The predicted octanol–water partition coefficient (Wildman–Crippen LogP) is 6.62. The summed E-state index contributed by atoms with van der Waals surface area (Å²) >= 11 is 2.11. The van der Waals surface area contributed by atoms with Crippen LogP contribution in [0.3, 0.4) is 0 Å². The van der Waals surface area contributed by atoms with E-state index in [2.05, 4.69) is 47.5 Å². The van der Waals surface area contributed by atoms with Crippen LogP contribution in [0.5, 0.6) is 0 Å². The van der Waals surface area contributed by atoms with Gasteiger partial charge in [-0.2, -0.15) is 11.8 Å². The van der Waals surface area contributed by atoms with Gasteiger partial charge in [0.1, 0.15) is 6.23 Å². The Labute approximate surface area is 220 Å². The molecular formula is C30H42N2O3S. The fourth-order valence-corrected chi connectivity index (χ4v) is 10.9. The maximum atomic E-state index is 12.2. The third-order valence-electron chi connectivity index (χ3n) is 11.0. The Morgan fingerprint density at radius 2 is 1.53 bits per heavy atom. The first kappa shape index (κ1) is 23.9. The molecule has 2 spiro atoms. The largest absolute Gasteiger partial charge is 0.472 e. The highest BCUT2D eigenvalue weighted by Gasteiger charge is 2.60. The first-order valence-electron chi connectivity index (χ1n) is 14.4. The van der Waals surface area contributed by atoms with Gasteiger partial charge < -0.3 is 13.9 Å². The molecule has 0 radical (unpaired) electrons. The van der Waals surface area contributed by atoms with Crippen molar-refractivity contribution in [3.05, 3.63) is 48.3 Å². The van der Waals surface area contributed by atoms with Gasteiger partial charge in [0, 0.05) is 47.6 Å². The Morgan fingerprint density at radius 1 is 0.861 bits per heavy atom. The minimum absolute atomic E-state index is 0.0467. The van der Waals surface area contributed by atoms with E-state index in [4.69, 9.17) is 8.83 Å². The summed E-state index contributed by atoms with van der Waals surface area (Å²) in [7, 11) is 0. The van der Waals surface area contributed by atoms with Crippen molar-refractivity contribution in [2.75, 3.05) is 12.3 Å². The molecule has 2 aromatic rings. The topological polar surface area (TPSA) is 53.0 Å². The summed E-state index contributed by atoms with van der Waals surface area (Å²) < 4.78 is 11.0. The molecule has 0 amide bonds. The van der Waals surface area contributed by atoms with Crippen LogP contribution in [0.1, 0.15) is 94.8 Å². The van der Waals surface area contributed by atoms with Crippen LogP contribution >= 0.6 is 11.8 Å². The summed E-state index contributed by atoms with van der Waals surface area (Å²) in [4.78, 5) is 5.38. The minimum atomic E-state index is -0.383. The van der Waals surface area contributed by atoms with Crippen molar-refractivity contribution in [2.24, 2.45) is 17.3 Å². The number of nitrogens with zero attached hydrogens (tertiary/aromatic N) is 2. The van der Waals surface area contributed by atoms with Crippen LogP contribution in [0.15, 0.2) is 46.0 Å². The van der Waals surface area contributed by atoms with Crippen molar-refractivity contribution in [2.45, 2.75) is 107 Å². The molecule has 36 heavy (non-hydrogen) atoms. The van der Waals surface area contributed by atoms with Crippen molar-refractivity contribution in [3.8, 4) is 0 Å². The van der Waals surface area contributed by atoms with Crippen molar-refractivity contribution in [1.29, 1.82) is 0 Å². The number of hydrogen-bond acceptors (Lipinski definition) is 6. The van der Waals surface area contributed by atoms with Gasteiger partial charge in [-0.05, 0) is 87.2 Å². The predicted molar refractivity (Wildman–Crippen MR) is 143 cm³/mol. The van der Waals surface area contributed by atoms with E-state index in [9.17, 15) is 5.11 Å². The smallest absolute Gasteiger partial charge is 0.122 e. The van der Waals surface area contributed by atoms with E-state index in [1.54, 1.807) is 6.26 Å². The number of hydrogen-bond donors (Lipinski definition) is 1. The lowest BCUT2D eigenvalue weighted by Gasteiger charge is -2.57. The number of aliphatic hydroxyl groups excluding tert-OH is 1. The van der Waals surface area contributed by atoms with Gasteiger partial charge in [0.2, 0.25) is 0 Å². The summed E-state index contributed by atoms with van der Waals surface area (Å²) in [6, 6.07) is 6.21. The second-order valence-electron chi connectivity index (χ2n) is 13.0. The molecule has 5 saturated heterocycles. The van der Waals surface area contributed by atoms with Gasteiger partial charge in [-0.3, -0.25) is 9.80 Å². The van der Waals surface area contributed by atoms with Crippen LogP contribution in [0, 0.1) is 17.3 Å².